The number of methoxy groups -OCH3 is 1. The molecule has 2 aliphatic heterocycles. The number of nitrogens with zero attached hydrogens (tertiary/aromatic N) is 4. The van der Waals surface area contributed by atoms with Gasteiger partial charge < -0.3 is 24.2 Å². The molecule has 11 heteroatoms. The lowest BCUT2D eigenvalue weighted by Gasteiger charge is -2.39. The summed E-state index contributed by atoms with van der Waals surface area (Å²) < 4.78 is 15.9. The molecule has 2 fully saturated rings. The number of amides is 3. The van der Waals surface area contributed by atoms with Gasteiger partial charge in [0.25, 0.3) is 0 Å². The van der Waals surface area contributed by atoms with E-state index in [1.54, 1.807) is 24.3 Å². The smallest absolute Gasteiger partial charge is 0.417 e. The minimum atomic E-state index is -1.04. The van der Waals surface area contributed by atoms with Gasteiger partial charge >= 0.3 is 18.1 Å². The van der Waals surface area contributed by atoms with Crippen molar-refractivity contribution < 1.29 is 33.7 Å². The van der Waals surface area contributed by atoms with E-state index in [0.29, 0.717) is 17.4 Å². The van der Waals surface area contributed by atoms with Crippen LogP contribution in [0.5, 0.6) is 17.4 Å². The number of piperidine rings is 1. The summed E-state index contributed by atoms with van der Waals surface area (Å²) in [6.07, 6.45) is 0.964. The third-order valence-electron chi connectivity index (χ3n) is 7.65. The largest absolute Gasteiger partial charge is 0.482 e. The number of hydrogen-bond acceptors (Lipinski definition) is 8. The minimum absolute atomic E-state index is 0.0181. The van der Waals surface area contributed by atoms with Crippen molar-refractivity contribution in [1.29, 1.82) is 0 Å². The van der Waals surface area contributed by atoms with Crippen LogP contribution < -0.4 is 9.47 Å². The van der Waals surface area contributed by atoms with Gasteiger partial charge in [-0.1, -0.05) is 36.4 Å². The highest BCUT2D eigenvalue weighted by molar-refractivity contribution is 5.93. The Morgan fingerprint density at radius 3 is 2.31 bits per heavy atom. The molecule has 2 aromatic carbocycles. The Kier molecular flexibility index (Phi) is 8.87. The van der Waals surface area contributed by atoms with E-state index >= 15 is 0 Å². The van der Waals surface area contributed by atoms with Gasteiger partial charge in [-0.25, -0.2) is 24.3 Å². The molecule has 2 saturated heterocycles. The maximum atomic E-state index is 13.3. The van der Waals surface area contributed by atoms with Crippen LogP contribution in [0.2, 0.25) is 0 Å². The van der Waals surface area contributed by atoms with Gasteiger partial charge in [-0.05, 0) is 55.2 Å². The number of benzene rings is 2. The van der Waals surface area contributed by atoms with Crippen molar-refractivity contribution in [2.24, 2.45) is 0 Å². The molecule has 11 nitrogen and oxygen atoms in total. The van der Waals surface area contributed by atoms with E-state index < -0.39 is 18.7 Å². The second kappa shape index (κ2) is 12.9. The summed E-state index contributed by atoms with van der Waals surface area (Å²) in [6.45, 7) is 4.17. The Hall–Kier alpha value is -4.64. The van der Waals surface area contributed by atoms with Crippen LogP contribution in [0.4, 0.5) is 9.59 Å². The predicted molar refractivity (Wildman–Crippen MR) is 152 cm³/mol. The summed E-state index contributed by atoms with van der Waals surface area (Å²) in [4.78, 5) is 46.3. The van der Waals surface area contributed by atoms with Crippen LogP contribution >= 0.6 is 0 Å². The van der Waals surface area contributed by atoms with E-state index in [-0.39, 0.29) is 24.7 Å². The van der Waals surface area contributed by atoms with Crippen molar-refractivity contribution in [2.75, 3.05) is 33.4 Å². The number of likely N-dealkylation sites (tertiary alicyclic amines) is 1. The van der Waals surface area contributed by atoms with Gasteiger partial charge in [0, 0.05) is 37.4 Å². The second-order valence-corrected chi connectivity index (χ2v) is 10.4. The number of aryl methyl sites for hydroxylation is 1. The summed E-state index contributed by atoms with van der Waals surface area (Å²) in [6, 6.07) is 19.9. The molecule has 0 spiro atoms. The van der Waals surface area contributed by atoms with E-state index in [4.69, 9.17) is 19.3 Å². The number of hydrogen-bond donors (Lipinski definition) is 1. The zero-order valence-electron chi connectivity index (χ0n) is 23.6. The zero-order chi connectivity index (χ0) is 29.6. The molecule has 0 saturated carbocycles. The molecule has 1 atom stereocenters. The molecule has 5 rings (SSSR count). The number of pyridine rings is 1. The van der Waals surface area contributed by atoms with E-state index in [1.807, 2.05) is 54.3 Å². The van der Waals surface area contributed by atoms with Crippen LogP contribution in [0.3, 0.4) is 0 Å². The zero-order valence-corrected chi connectivity index (χ0v) is 23.6. The fourth-order valence-corrected chi connectivity index (χ4v) is 5.48. The predicted octanol–water partition coefficient (Wildman–Crippen LogP) is 4.86. The molecule has 3 aromatic rings. The van der Waals surface area contributed by atoms with Crippen molar-refractivity contribution in [3.8, 4) is 17.4 Å². The van der Waals surface area contributed by atoms with Crippen molar-refractivity contribution in [3.05, 3.63) is 83.6 Å². The topological polar surface area (TPSA) is 122 Å². The quantitative estimate of drug-likeness (QED) is 0.382. The number of carbonyl (C=O) groups is 3. The summed E-state index contributed by atoms with van der Waals surface area (Å²) in [7, 11) is 1.29. The highest BCUT2D eigenvalue weighted by Gasteiger charge is 2.45. The Bertz CT molecular complexity index is 1410. The van der Waals surface area contributed by atoms with E-state index in [9.17, 15) is 14.4 Å². The van der Waals surface area contributed by atoms with Crippen LogP contribution in [0.1, 0.15) is 35.7 Å². The maximum Gasteiger partial charge on any atom is 0.417 e. The van der Waals surface area contributed by atoms with Crippen molar-refractivity contribution in [2.45, 2.75) is 38.4 Å². The molecule has 220 valence electrons. The van der Waals surface area contributed by atoms with Gasteiger partial charge in [0.15, 0.2) is 6.61 Å². The SMILES string of the molecule is COC(=O)N1C[C@@H](c2ccccc2)N(C2CCN(Cc3ccc(Oc4ccc(OCC(=O)O)cc4)nc3C)CC2)C1=O. The Labute approximate surface area is 244 Å². The van der Waals surface area contributed by atoms with Crippen LogP contribution in [-0.2, 0) is 16.1 Å². The molecule has 0 unspecified atom stereocenters. The second-order valence-electron chi connectivity index (χ2n) is 10.4. The van der Waals surface area contributed by atoms with Crippen LogP contribution in [-0.4, -0.2) is 82.3 Å². The Morgan fingerprint density at radius 2 is 1.67 bits per heavy atom. The van der Waals surface area contributed by atoms with Gasteiger partial charge in [0.1, 0.15) is 11.5 Å². The third-order valence-corrected chi connectivity index (χ3v) is 7.65. The average Bonchev–Trinajstić information content (AvgIpc) is 3.35. The number of carboxylic acid groups (broad SMARTS) is 1. The standard InChI is InChI=1S/C31H34N4O7/c1-21-23(8-13-28(32-21)42-26-11-9-25(10-12-26)41-20-29(36)37)18-33-16-14-24(15-17-33)35-27(22-6-4-3-5-7-22)19-34(30(35)38)31(39)40-2/h3-13,24,27H,14-20H2,1-2H3,(H,36,37)/t27-/m0/s1. The van der Waals surface area contributed by atoms with Gasteiger partial charge in [-0.3, -0.25) is 4.90 Å². The van der Waals surface area contributed by atoms with Crippen molar-refractivity contribution in [1.82, 2.24) is 19.7 Å². The third kappa shape index (κ3) is 6.63. The first-order valence-corrected chi connectivity index (χ1v) is 13.9. The Balaban J connectivity index is 1.18. The molecule has 0 radical (unpaired) electrons. The number of carboxylic acids is 1. The first-order chi connectivity index (χ1) is 20.3. The molecule has 1 aromatic heterocycles. The Morgan fingerprint density at radius 1 is 0.976 bits per heavy atom. The lowest BCUT2D eigenvalue weighted by molar-refractivity contribution is -0.139. The summed E-state index contributed by atoms with van der Waals surface area (Å²) in [5.74, 6) is 0.433. The lowest BCUT2D eigenvalue weighted by Crippen LogP contribution is -2.47. The molecule has 0 aliphatic carbocycles. The first-order valence-electron chi connectivity index (χ1n) is 13.9. The van der Waals surface area contributed by atoms with Gasteiger partial charge in [0.05, 0.1) is 19.7 Å². The number of ether oxygens (including phenoxy) is 3. The molecule has 1 N–H and O–H groups in total. The highest BCUT2D eigenvalue weighted by atomic mass is 16.5. The fourth-order valence-electron chi connectivity index (χ4n) is 5.48. The van der Waals surface area contributed by atoms with E-state index in [2.05, 4.69) is 9.88 Å². The normalized spacial score (nSPS) is 17.8. The van der Waals surface area contributed by atoms with E-state index in [0.717, 1.165) is 49.3 Å². The molecule has 2 aliphatic rings. The monoisotopic (exact) mass is 574 g/mol. The van der Waals surface area contributed by atoms with Gasteiger partial charge in [-0.15, -0.1) is 0 Å². The van der Waals surface area contributed by atoms with Crippen LogP contribution in [0, 0.1) is 6.92 Å². The number of aromatic nitrogens is 1. The van der Waals surface area contributed by atoms with Crippen LogP contribution in [0.25, 0.3) is 0 Å². The minimum Gasteiger partial charge on any atom is -0.482 e. The van der Waals surface area contributed by atoms with Gasteiger partial charge in [-0.2, -0.15) is 0 Å². The average molecular weight is 575 g/mol. The maximum absolute atomic E-state index is 13.3. The molecule has 3 heterocycles. The lowest BCUT2D eigenvalue weighted by atomic mass is 9.98. The summed E-state index contributed by atoms with van der Waals surface area (Å²) in [5, 5.41) is 8.73. The molecular weight excluding hydrogens is 540 g/mol. The molecule has 0 bridgehead atoms. The van der Waals surface area contributed by atoms with Crippen molar-refractivity contribution in [3.63, 3.8) is 0 Å². The summed E-state index contributed by atoms with van der Waals surface area (Å²) in [5.41, 5.74) is 2.96. The number of imide groups is 1. The fraction of sp³-hybridized carbons (Fsp3) is 0.355. The van der Waals surface area contributed by atoms with Gasteiger partial charge in [0.2, 0.25) is 5.88 Å². The number of rotatable bonds is 9. The van der Waals surface area contributed by atoms with Crippen molar-refractivity contribution >= 4 is 18.1 Å². The van der Waals surface area contributed by atoms with E-state index in [1.165, 1.54) is 12.0 Å². The molecule has 3 amide bonds. The number of carbonyl (C=O) groups excluding carboxylic acids is 2. The highest BCUT2D eigenvalue weighted by Crippen LogP contribution is 2.35. The molecule has 42 heavy (non-hydrogen) atoms. The summed E-state index contributed by atoms with van der Waals surface area (Å²) >= 11 is 0. The number of urea groups is 1. The first kappa shape index (κ1) is 28.9. The van der Waals surface area contributed by atoms with Crippen LogP contribution in [0.15, 0.2) is 66.7 Å². The number of aliphatic carboxylic acids is 1. The molecular formula is C31H34N4O7.